The summed E-state index contributed by atoms with van der Waals surface area (Å²) in [5.41, 5.74) is 0. The maximum atomic E-state index is 10.5. The van der Waals surface area contributed by atoms with Crippen molar-refractivity contribution in [1.82, 2.24) is 0 Å². The number of aliphatic hydroxyl groups is 3. The van der Waals surface area contributed by atoms with Gasteiger partial charge < -0.3 is 34.6 Å². The Balaban J connectivity index is 2.64. The van der Waals surface area contributed by atoms with Crippen molar-refractivity contribution in [3.63, 3.8) is 0 Å². The van der Waals surface area contributed by atoms with Crippen LogP contribution in [0.1, 0.15) is 6.92 Å². The van der Waals surface area contributed by atoms with Crippen molar-refractivity contribution in [2.75, 3.05) is 13.2 Å². The van der Waals surface area contributed by atoms with Gasteiger partial charge in [-0.05, 0) is 6.92 Å². The van der Waals surface area contributed by atoms with Crippen LogP contribution in [-0.4, -0.2) is 69.0 Å². The number of hydrogen-bond donors (Lipinski definition) is 5. The Morgan fingerprint density at radius 3 is 2.28 bits per heavy atom. The van der Waals surface area contributed by atoms with Crippen molar-refractivity contribution in [3.05, 3.63) is 0 Å². The van der Waals surface area contributed by atoms with Gasteiger partial charge in [-0.1, -0.05) is 0 Å². The zero-order valence-electron chi connectivity index (χ0n) is 9.62. The molecule has 10 heteroatoms. The van der Waals surface area contributed by atoms with Crippen molar-refractivity contribution in [2.24, 2.45) is 0 Å². The van der Waals surface area contributed by atoms with Gasteiger partial charge in [-0.2, -0.15) is 0 Å². The lowest BCUT2D eigenvalue weighted by molar-refractivity contribution is -0.299. The molecule has 1 heterocycles. The largest absolute Gasteiger partial charge is 0.469 e. The van der Waals surface area contributed by atoms with Crippen molar-refractivity contribution in [3.8, 4) is 0 Å². The summed E-state index contributed by atoms with van der Waals surface area (Å²) >= 11 is 0. The van der Waals surface area contributed by atoms with Gasteiger partial charge in [0.15, 0.2) is 6.29 Å². The van der Waals surface area contributed by atoms with Crippen molar-refractivity contribution >= 4 is 7.82 Å². The smallest absolute Gasteiger partial charge is 0.387 e. The van der Waals surface area contributed by atoms with Crippen LogP contribution in [0.3, 0.4) is 0 Å². The summed E-state index contributed by atoms with van der Waals surface area (Å²) in [5.74, 6) is 0. The van der Waals surface area contributed by atoms with E-state index < -0.39 is 45.1 Å². The van der Waals surface area contributed by atoms with Crippen molar-refractivity contribution in [2.45, 2.75) is 37.6 Å². The Hall–Kier alpha value is -0.0900. The molecular weight excluding hydrogens is 271 g/mol. The normalized spacial score (nSPS) is 37.8. The molecule has 0 bridgehead atoms. The lowest BCUT2D eigenvalue weighted by Gasteiger charge is -2.39. The molecule has 0 radical (unpaired) electrons. The van der Waals surface area contributed by atoms with Crippen molar-refractivity contribution < 1.29 is 43.7 Å². The zero-order valence-corrected chi connectivity index (χ0v) is 10.5. The second kappa shape index (κ2) is 6.38. The van der Waals surface area contributed by atoms with Gasteiger partial charge >= 0.3 is 7.82 Å². The van der Waals surface area contributed by atoms with E-state index in [2.05, 4.69) is 4.52 Å². The van der Waals surface area contributed by atoms with Crippen LogP contribution in [-0.2, 0) is 18.6 Å². The molecule has 0 amide bonds. The number of ether oxygens (including phenoxy) is 2. The van der Waals surface area contributed by atoms with Crippen LogP contribution in [0, 0.1) is 0 Å². The Morgan fingerprint density at radius 2 is 1.78 bits per heavy atom. The quantitative estimate of drug-likeness (QED) is 0.360. The third kappa shape index (κ3) is 4.23. The molecule has 108 valence electrons. The Bertz CT molecular complexity index is 305. The second-order valence-electron chi connectivity index (χ2n) is 3.76. The van der Waals surface area contributed by atoms with Gasteiger partial charge in [0.05, 0.1) is 6.61 Å². The fourth-order valence-corrected chi connectivity index (χ4v) is 1.87. The zero-order chi connectivity index (χ0) is 13.9. The molecule has 0 aromatic carbocycles. The maximum Gasteiger partial charge on any atom is 0.469 e. The molecular formula is C8H17O9P. The maximum absolute atomic E-state index is 10.5. The Labute approximate surface area is 103 Å². The van der Waals surface area contributed by atoms with E-state index in [1.54, 1.807) is 6.92 Å². The van der Waals surface area contributed by atoms with Crippen LogP contribution in [0.4, 0.5) is 0 Å². The number of rotatable bonds is 5. The van der Waals surface area contributed by atoms with Crippen molar-refractivity contribution in [1.29, 1.82) is 0 Å². The van der Waals surface area contributed by atoms with Crippen LogP contribution >= 0.6 is 7.82 Å². The Kier molecular flexibility index (Phi) is 5.66. The van der Waals surface area contributed by atoms with Crippen LogP contribution < -0.4 is 0 Å². The van der Waals surface area contributed by atoms with Crippen LogP contribution in [0.5, 0.6) is 0 Å². The van der Waals surface area contributed by atoms with E-state index in [1.165, 1.54) is 0 Å². The molecule has 5 N–H and O–H groups in total. The topological polar surface area (TPSA) is 146 Å². The first-order valence-electron chi connectivity index (χ1n) is 5.27. The van der Waals surface area contributed by atoms with E-state index in [4.69, 9.17) is 19.3 Å². The number of phosphoric ester groups is 1. The average molecular weight is 288 g/mol. The van der Waals surface area contributed by atoms with Crippen LogP contribution in [0.2, 0.25) is 0 Å². The molecule has 1 fully saturated rings. The third-order valence-electron chi connectivity index (χ3n) is 2.41. The Morgan fingerprint density at radius 1 is 1.17 bits per heavy atom. The second-order valence-corrected chi connectivity index (χ2v) is 5.00. The molecule has 5 atom stereocenters. The summed E-state index contributed by atoms with van der Waals surface area (Å²) in [6, 6.07) is 0. The molecule has 1 aliphatic heterocycles. The highest BCUT2D eigenvalue weighted by Gasteiger charge is 2.44. The molecule has 1 aliphatic rings. The molecule has 9 nitrogen and oxygen atoms in total. The molecule has 1 saturated heterocycles. The van der Waals surface area contributed by atoms with E-state index in [-0.39, 0.29) is 6.61 Å². The predicted octanol–water partition coefficient (Wildman–Crippen LogP) is -2.06. The van der Waals surface area contributed by atoms with Crippen LogP contribution in [0.25, 0.3) is 0 Å². The number of hydrogen-bond acceptors (Lipinski definition) is 7. The lowest BCUT2D eigenvalue weighted by atomic mass is 9.99. The number of phosphoric acid groups is 1. The van der Waals surface area contributed by atoms with Gasteiger partial charge in [-0.3, -0.25) is 4.52 Å². The van der Waals surface area contributed by atoms with Gasteiger partial charge in [-0.25, -0.2) is 4.57 Å². The first kappa shape index (κ1) is 16.0. The summed E-state index contributed by atoms with van der Waals surface area (Å²) in [6.07, 6.45) is -6.96. The standard InChI is InChI=1S/C8H17O9P/c1-2-15-8-7(11)6(10)5(9)4(17-8)3-16-18(12,13)14/h4-11H,2-3H2,1H3,(H2,12,13,14)/t4-,5-,6+,7+,8?/m1/s1. The highest BCUT2D eigenvalue weighted by atomic mass is 31.2. The summed E-state index contributed by atoms with van der Waals surface area (Å²) in [7, 11) is -4.71. The fourth-order valence-electron chi connectivity index (χ4n) is 1.53. The molecule has 0 aromatic heterocycles. The van der Waals surface area contributed by atoms with E-state index in [0.29, 0.717) is 0 Å². The summed E-state index contributed by atoms with van der Waals surface area (Å²) in [6.45, 7) is 1.18. The predicted molar refractivity (Wildman–Crippen MR) is 56.3 cm³/mol. The van der Waals surface area contributed by atoms with Gasteiger partial charge in [0.25, 0.3) is 0 Å². The highest BCUT2D eigenvalue weighted by Crippen LogP contribution is 2.37. The first-order valence-corrected chi connectivity index (χ1v) is 6.80. The molecule has 1 rings (SSSR count). The van der Waals surface area contributed by atoms with E-state index >= 15 is 0 Å². The van der Waals surface area contributed by atoms with E-state index in [9.17, 15) is 19.9 Å². The molecule has 0 aromatic rings. The minimum absolute atomic E-state index is 0.191. The summed E-state index contributed by atoms with van der Waals surface area (Å²) < 4.78 is 24.8. The van der Waals surface area contributed by atoms with Gasteiger partial charge in [0.1, 0.15) is 24.4 Å². The minimum atomic E-state index is -4.71. The lowest BCUT2D eigenvalue weighted by Crippen LogP contribution is -2.59. The van der Waals surface area contributed by atoms with Gasteiger partial charge in [-0.15, -0.1) is 0 Å². The average Bonchev–Trinajstić information content (AvgIpc) is 2.27. The molecule has 0 saturated carbocycles. The SMILES string of the molecule is CCOC1O[C@H](COP(=O)(O)O)[C@@H](O)[C@H](O)[C@@H]1O. The molecule has 1 unspecified atom stereocenters. The third-order valence-corrected chi connectivity index (χ3v) is 2.89. The van der Waals surface area contributed by atoms with Gasteiger partial charge in [0, 0.05) is 6.61 Å². The minimum Gasteiger partial charge on any atom is -0.387 e. The van der Waals surface area contributed by atoms with Crippen LogP contribution in [0.15, 0.2) is 0 Å². The number of aliphatic hydroxyl groups excluding tert-OH is 3. The molecule has 18 heavy (non-hydrogen) atoms. The molecule has 0 aliphatic carbocycles. The fraction of sp³-hybridized carbons (Fsp3) is 1.00. The summed E-state index contributed by atoms with van der Waals surface area (Å²) in [5, 5.41) is 28.6. The van der Waals surface area contributed by atoms with E-state index in [0.717, 1.165) is 0 Å². The van der Waals surface area contributed by atoms with Gasteiger partial charge in [0.2, 0.25) is 0 Å². The highest BCUT2D eigenvalue weighted by molar-refractivity contribution is 7.46. The first-order chi connectivity index (χ1) is 8.26. The monoisotopic (exact) mass is 288 g/mol. The molecule has 0 spiro atoms. The summed E-state index contributed by atoms with van der Waals surface area (Å²) in [4.78, 5) is 17.1. The van der Waals surface area contributed by atoms with E-state index in [1.807, 2.05) is 0 Å².